The molecule has 36 heavy (non-hydrogen) atoms. The predicted molar refractivity (Wildman–Crippen MR) is 141 cm³/mol. The van der Waals surface area contributed by atoms with Gasteiger partial charge in [0.1, 0.15) is 0 Å². The van der Waals surface area contributed by atoms with Gasteiger partial charge in [-0.1, -0.05) is 53.0 Å². The number of hydrogen-bond acceptors (Lipinski definition) is 5. The Hall–Kier alpha value is -2.98. The van der Waals surface area contributed by atoms with E-state index in [-0.39, 0.29) is 33.4 Å². The van der Waals surface area contributed by atoms with Crippen molar-refractivity contribution in [1.29, 1.82) is 0 Å². The fraction of sp³-hybridized carbons (Fsp3) is 0.240. The fourth-order valence-electron chi connectivity index (χ4n) is 4.08. The number of rotatable bonds is 8. The first-order valence-corrected chi connectivity index (χ1v) is 13.1. The minimum atomic E-state index is -4.13. The van der Waals surface area contributed by atoms with E-state index in [1.807, 2.05) is 6.92 Å². The van der Waals surface area contributed by atoms with E-state index in [0.717, 1.165) is 9.87 Å². The highest BCUT2D eigenvalue weighted by Gasteiger charge is 2.30. The zero-order valence-electron chi connectivity index (χ0n) is 20.1. The van der Waals surface area contributed by atoms with E-state index >= 15 is 0 Å². The Kier molecular flexibility index (Phi) is 8.40. The monoisotopic (exact) mass is 549 g/mol. The lowest BCUT2D eigenvalue weighted by Crippen LogP contribution is -2.38. The molecule has 0 atom stereocenters. The molecule has 0 unspecified atom stereocenters. The van der Waals surface area contributed by atoms with E-state index in [1.54, 1.807) is 44.2 Å². The van der Waals surface area contributed by atoms with Gasteiger partial charge in [0.2, 0.25) is 15.9 Å². The number of benzene rings is 3. The summed E-state index contributed by atoms with van der Waals surface area (Å²) in [5.74, 6) is -0.648. The van der Waals surface area contributed by atoms with Gasteiger partial charge < -0.3 is 5.32 Å². The Balaban J connectivity index is 2.00. The molecule has 1 amide bonds. The molecule has 3 aromatic rings. The zero-order valence-corrected chi connectivity index (χ0v) is 22.5. The second-order valence-corrected chi connectivity index (χ2v) is 11.2. The van der Waals surface area contributed by atoms with Crippen molar-refractivity contribution in [2.45, 2.75) is 39.1 Å². The summed E-state index contributed by atoms with van der Waals surface area (Å²) in [5.41, 5.74) is 2.90. The Morgan fingerprint density at radius 1 is 1.00 bits per heavy atom. The molecular weight excluding hydrogens is 525 g/mol. The summed E-state index contributed by atoms with van der Waals surface area (Å²) in [6.45, 7) is 6.12. The van der Waals surface area contributed by atoms with Gasteiger partial charge in [-0.15, -0.1) is 0 Å². The minimum absolute atomic E-state index is 0.118. The Bertz CT molecular complexity index is 1440. The van der Waals surface area contributed by atoms with E-state index in [0.29, 0.717) is 21.7 Å². The standard InChI is InChI=1S/C25H25Cl2N3O5S/c1-15-10-16(2)25(17(3)11-15)36(34,35)29(13-19-8-9-20(26)21(27)12-19)14-24(31)28-22-6-5-7-23(18(22)4)30(32)33/h5-12H,13-14H2,1-4H3,(H,28,31). The maximum absolute atomic E-state index is 13.8. The average molecular weight is 550 g/mol. The molecule has 0 saturated heterocycles. The number of nitrogens with zero attached hydrogens (tertiary/aromatic N) is 2. The average Bonchev–Trinajstić information content (AvgIpc) is 2.76. The van der Waals surface area contributed by atoms with E-state index in [2.05, 4.69) is 5.32 Å². The summed E-state index contributed by atoms with van der Waals surface area (Å²) in [4.78, 5) is 23.9. The quantitative estimate of drug-likeness (QED) is 0.275. The molecule has 0 aromatic heterocycles. The van der Waals surface area contributed by atoms with Crippen molar-refractivity contribution in [3.05, 3.63) is 96.5 Å². The number of nitrogens with one attached hydrogen (secondary N) is 1. The van der Waals surface area contributed by atoms with Crippen LogP contribution in [-0.2, 0) is 21.4 Å². The first kappa shape index (κ1) is 27.6. The second kappa shape index (κ2) is 11.0. The summed E-state index contributed by atoms with van der Waals surface area (Å²) in [6.07, 6.45) is 0. The molecule has 0 aliphatic heterocycles. The smallest absolute Gasteiger partial charge is 0.274 e. The van der Waals surface area contributed by atoms with E-state index in [9.17, 15) is 23.3 Å². The number of nitro benzene ring substituents is 1. The van der Waals surface area contributed by atoms with Crippen LogP contribution in [0.1, 0.15) is 27.8 Å². The van der Waals surface area contributed by atoms with Gasteiger partial charge in [0.25, 0.3) is 5.69 Å². The van der Waals surface area contributed by atoms with Gasteiger partial charge in [0.15, 0.2) is 0 Å². The number of nitro groups is 1. The van der Waals surface area contributed by atoms with Crippen molar-refractivity contribution in [1.82, 2.24) is 4.31 Å². The number of carbonyl (C=O) groups is 1. The lowest BCUT2D eigenvalue weighted by molar-refractivity contribution is -0.385. The van der Waals surface area contributed by atoms with Crippen LogP contribution in [-0.4, -0.2) is 30.1 Å². The van der Waals surface area contributed by atoms with Crippen molar-refractivity contribution in [3.8, 4) is 0 Å². The second-order valence-electron chi connectivity index (χ2n) is 8.50. The molecule has 0 spiro atoms. The fourth-order valence-corrected chi connectivity index (χ4v) is 6.19. The van der Waals surface area contributed by atoms with Crippen LogP contribution in [0.3, 0.4) is 0 Å². The molecule has 0 fully saturated rings. The highest BCUT2D eigenvalue weighted by molar-refractivity contribution is 7.89. The Morgan fingerprint density at radius 2 is 1.64 bits per heavy atom. The highest BCUT2D eigenvalue weighted by Crippen LogP contribution is 2.29. The SMILES string of the molecule is Cc1cc(C)c(S(=O)(=O)N(CC(=O)Nc2cccc([N+](=O)[O-])c2C)Cc2ccc(Cl)c(Cl)c2)c(C)c1. The molecule has 11 heteroatoms. The van der Waals surface area contributed by atoms with Crippen LogP contribution >= 0.6 is 23.2 Å². The third-order valence-electron chi connectivity index (χ3n) is 5.64. The van der Waals surface area contributed by atoms with Crippen molar-refractivity contribution >= 4 is 50.5 Å². The minimum Gasteiger partial charge on any atom is -0.324 e. The van der Waals surface area contributed by atoms with Crippen molar-refractivity contribution in [3.63, 3.8) is 0 Å². The summed E-state index contributed by atoms with van der Waals surface area (Å²) in [7, 11) is -4.13. The first-order chi connectivity index (χ1) is 16.8. The molecule has 0 radical (unpaired) electrons. The van der Waals surface area contributed by atoms with Crippen molar-refractivity contribution in [2.24, 2.45) is 0 Å². The summed E-state index contributed by atoms with van der Waals surface area (Å²) >= 11 is 12.1. The number of carbonyl (C=O) groups excluding carboxylic acids is 1. The van der Waals surface area contributed by atoms with Gasteiger partial charge in [-0.25, -0.2) is 8.42 Å². The number of hydrogen-bond donors (Lipinski definition) is 1. The molecule has 0 saturated carbocycles. The molecule has 0 bridgehead atoms. The number of sulfonamides is 1. The third kappa shape index (κ3) is 6.04. The van der Waals surface area contributed by atoms with E-state index < -0.39 is 27.4 Å². The zero-order chi connectivity index (χ0) is 26.8. The number of aryl methyl sites for hydroxylation is 3. The number of halogens is 2. The Morgan fingerprint density at radius 3 is 2.22 bits per heavy atom. The summed E-state index contributed by atoms with van der Waals surface area (Å²) < 4.78 is 28.7. The highest BCUT2D eigenvalue weighted by atomic mass is 35.5. The summed E-state index contributed by atoms with van der Waals surface area (Å²) in [6, 6.07) is 12.6. The predicted octanol–water partition coefficient (Wildman–Crippen LogP) is 5.96. The Labute approximate surface area is 220 Å². The van der Waals surface area contributed by atoms with E-state index in [1.165, 1.54) is 25.1 Å². The van der Waals surface area contributed by atoms with Crippen LogP contribution in [0.2, 0.25) is 10.0 Å². The van der Waals surface area contributed by atoms with Gasteiger partial charge >= 0.3 is 0 Å². The molecule has 3 rings (SSSR count). The largest absolute Gasteiger partial charge is 0.324 e. The van der Waals surface area contributed by atoms with Crippen LogP contribution in [0.15, 0.2) is 53.4 Å². The van der Waals surface area contributed by atoms with Gasteiger partial charge in [0, 0.05) is 12.6 Å². The maximum atomic E-state index is 13.8. The molecule has 0 aliphatic carbocycles. The molecule has 190 valence electrons. The normalized spacial score (nSPS) is 11.5. The topological polar surface area (TPSA) is 110 Å². The van der Waals surface area contributed by atoms with Gasteiger partial charge in [-0.05, 0) is 62.6 Å². The van der Waals surface area contributed by atoms with Crippen LogP contribution in [0.4, 0.5) is 11.4 Å². The van der Waals surface area contributed by atoms with Crippen molar-refractivity contribution < 1.29 is 18.1 Å². The molecule has 0 heterocycles. The molecular formula is C25H25Cl2N3O5S. The van der Waals surface area contributed by atoms with Crippen LogP contribution in [0.25, 0.3) is 0 Å². The molecule has 0 aliphatic rings. The number of anilines is 1. The van der Waals surface area contributed by atoms with Crippen LogP contribution < -0.4 is 5.32 Å². The summed E-state index contributed by atoms with van der Waals surface area (Å²) in [5, 5.41) is 14.4. The van der Waals surface area contributed by atoms with Gasteiger partial charge in [0.05, 0.1) is 37.7 Å². The van der Waals surface area contributed by atoms with Gasteiger partial charge in [-0.2, -0.15) is 4.31 Å². The van der Waals surface area contributed by atoms with Crippen molar-refractivity contribution in [2.75, 3.05) is 11.9 Å². The maximum Gasteiger partial charge on any atom is 0.274 e. The van der Waals surface area contributed by atoms with Crippen LogP contribution in [0.5, 0.6) is 0 Å². The van der Waals surface area contributed by atoms with Crippen LogP contribution in [0, 0.1) is 37.8 Å². The molecule has 8 nitrogen and oxygen atoms in total. The van der Waals surface area contributed by atoms with Gasteiger partial charge in [-0.3, -0.25) is 14.9 Å². The lowest BCUT2D eigenvalue weighted by Gasteiger charge is -2.24. The number of amides is 1. The molecule has 3 aromatic carbocycles. The third-order valence-corrected chi connectivity index (χ3v) is 8.48. The molecule has 1 N–H and O–H groups in total. The van der Waals surface area contributed by atoms with E-state index in [4.69, 9.17) is 23.2 Å². The first-order valence-electron chi connectivity index (χ1n) is 10.9. The lowest BCUT2D eigenvalue weighted by atomic mass is 10.1.